The van der Waals surface area contributed by atoms with Crippen LogP contribution in [0.15, 0.2) is 103 Å². The van der Waals surface area contributed by atoms with Crippen molar-refractivity contribution in [2.45, 2.75) is 12.7 Å². The number of carbonyl (C=O) groups is 3. The molecule has 45 heavy (non-hydrogen) atoms. The van der Waals surface area contributed by atoms with Crippen molar-refractivity contribution in [1.29, 1.82) is 0 Å². The molecule has 0 unspecified atom stereocenters. The Balaban J connectivity index is 1.25. The molecule has 0 saturated carbocycles. The fraction of sp³-hybridized carbons (Fsp3) is 0.121. The number of anilines is 1. The van der Waals surface area contributed by atoms with E-state index in [0.717, 1.165) is 22.6 Å². The Hall–Kier alpha value is -5.65. The number of nitrogens with one attached hydrogen (secondary N) is 3. The number of halogens is 4. The molecular formula is C33H26F4N4O4. The summed E-state index contributed by atoms with van der Waals surface area (Å²) in [4.78, 5) is 43.0. The highest BCUT2D eigenvalue weighted by atomic mass is 19.4. The van der Waals surface area contributed by atoms with Crippen LogP contribution < -0.4 is 15.4 Å². The fourth-order valence-electron chi connectivity index (χ4n) is 4.46. The third-order valence-electron chi connectivity index (χ3n) is 6.68. The summed E-state index contributed by atoms with van der Waals surface area (Å²) in [6.07, 6.45) is -4.46. The molecule has 1 aromatic heterocycles. The lowest BCUT2D eigenvalue weighted by atomic mass is 10.2. The standard InChI is InChI=1S/C33H26F4N4O4/c34-27-8-4-7-22-17-28(40-31(22)27)32(44)41(19-29(42)38-18-21-5-2-1-3-6-21)20-30(43)39-24-11-15-26(16-12-24)45-25-13-9-23(10-14-25)33(35,36)37/h1-17,40H,18-20H2,(H,38,42)(H,39,43). The Bertz CT molecular complexity index is 1810. The molecule has 3 N–H and O–H groups in total. The summed E-state index contributed by atoms with van der Waals surface area (Å²) in [5.74, 6) is -1.86. The van der Waals surface area contributed by atoms with Gasteiger partial charge < -0.3 is 25.3 Å². The van der Waals surface area contributed by atoms with E-state index in [0.29, 0.717) is 16.8 Å². The molecule has 1 heterocycles. The van der Waals surface area contributed by atoms with Crippen molar-refractivity contribution < 1.29 is 36.7 Å². The average Bonchev–Trinajstić information content (AvgIpc) is 3.47. The van der Waals surface area contributed by atoms with E-state index in [1.807, 2.05) is 30.3 Å². The monoisotopic (exact) mass is 618 g/mol. The van der Waals surface area contributed by atoms with Crippen LogP contribution in [0.1, 0.15) is 21.6 Å². The zero-order chi connectivity index (χ0) is 32.0. The molecular weight excluding hydrogens is 592 g/mol. The lowest BCUT2D eigenvalue weighted by molar-refractivity contribution is -0.137. The van der Waals surface area contributed by atoms with Gasteiger partial charge in [0.1, 0.15) is 36.1 Å². The van der Waals surface area contributed by atoms with Gasteiger partial charge in [0.05, 0.1) is 11.1 Å². The molecule has 0 aliphatic carbocycles. The third-order valence-corrected chi connectivity index (χ3v) is 6.68. The number of aromatic nitrogens is 1. The summed E-state index contributed by atoms with van der Waals surface area (Å²) in [5.41, 5.74) is 0.512. The maximum absolute atomic E-state index is 14.3. The van der Waals surface area contributed by atoms with Crippen LogP contribution in [0.25, 0.3) is 10.9 Å². The third kappa shape index (κ3) is 8.05. The van der Waals surface area contributed by atoms with Gasteiger partial charge in [-0.25, -0.2) is 4.39 Å². The van der Waals surface area contributed by atoms with Gasteiger partial charge in [-0.2, -0.15) is 13.2 Å². The minimum atomic E-state index is -4.46. The molecule has 0 spiro atoms. The fourth-order valence-corrected chi connectivity index (χ4v) is 4.46. The highest BCUT2D eigenvalue weighted by Crippen LogP contribution is 2.31. The van der Waals surface area contributed by atoms with Crippen molar-refractivity contribution in [3.05, 3.63) is 126 Å². The van der Waals surface area contributed by atoms with E-state index in [4.69, 9.17) is 4.74 Å². The maximum atomic E-state index is 14.3. The Morgan fingerprint density at radius 1 is 0.778 bits per heavy atom. The summed E-state index contributed by atoms with van der Waals surface area (Å²) in [6, 6.07) is 25.2. The lowest BCUT2D eigenvalue weighted by Gasteiger charge is -2.21. The van der Waals surface area contributed by atoms with Crippen LogP contribution in [-0.4, -0.2) is 40.7 Å². The molecule has 4 aromatic carbocycles. The molecule has 0 fully saturated rings. The molecule has 0 atom stereocenters. The van der Waals surface area contributed by atoms with E-state index in [9.17, 15) is 31.9 Å². The summed E-state index contributed by atoms with van der Waals surface area (Å²) in [6.45, 7) is -0.734. The van der Waals surface area contributed by atoms with Crippen LogP contribution in [0.5, 0.6) is 11.5 Å². The molecule has 12 heteroatoms. The molecule has 0 saturated heterocycles. The van der Waals surface area contributed by atoms with Crippen LogP contribution >= 0.6 is 0 Å². The predicted octanol–water partition coefficient (Wildman–Crippen LogP) is 6.52. The Morgan fingerprint density at radius 2 is 1.42 bits per heavy atom. The molecule has 5 rings (SSSR count). The van der Waals surface area contributed by atoms with Gasteiger partial charge in [-0.3, -0.25) is 14.4 Å². The van der Waals surface area contributed by atoms with Crippen LogP contribution in [0.3, 0.4) is 0 Å². The van der Waals surface area contributed by atoms with Crippen LogP contribution in [0, 0.1) is 5.82 Å². The second kappa shape index (κ2) is 13.3. The Morgan fingerprint density at radius 3 is 2.07 bits per heavy atom. The van der Waals surface area contributed by atoms with Gasteiger partial charge in [0, 0.05) is 17.6 Å². The van der Waals surface area contributed by atoms with Crippen molar-refractivity contribution >= 4 is 34.3 Å². The number of hydrogen-bond donors (Lipinski definition) is 3. The van der Waals surface area contributed by atoms with Gasteiger partial charge in [0.15, 0.2) is 0 Å². The molecule has 5 aromatic rings. The van der Waals surface area contributed by atoms with Crippen molar-refractivity contribution in [3.8, 4) is 11.5 Å². The largest absolute Gasteiger partial charge is 0.457 e. The van der Waals surface area contributed by atoms with E-state index in [-0.39, 0.29) is 23.5 Å². The van der Waals surface area contributed by atoms with Gasteiger partial charge in [-0.05, 0) is 66.2 Å². The van der Waals surface area contributed by atoms with Gasteiger partial charge >= 0.3 is 6.18 Å². The summed E-state index contributed by atoms with van der Waals surface area (Å²) < 4.78 is 58.2. The van der Waals surface area contributed by atoms with Gasteiger partial charge in [-0.15, -0.1) is 0 Å². The highest BCUT2D eigenvalue weighted by Gasteiger charge is 2.30. The quantitative estimate of drug-likeness (QED) is 0.155. The molecule has 8 nitrogen and oxygen atoms in total. The van der Waals surface area contributed by atoms with E-state index in [2.05, 4.69) is 15.6 Å². The first kappa shape index (κ1) is 30.8. The molecule has 230 valence electrons. The minimum Gasteiger partial charge on any atom is -0.457 e. The number of rotatable bonds is 10. The minimum absolute atomic E-state index is 0.00327. The van der Waals surface area contributed by atoms with Crippen molar-refractivity contribution in [2.24, 2.45) is 0 Å². The van der Waals surface area contributed by atoms with Gasteiger partial charge in [0.25, 0.3) is 5.91 Å². The Labute approximate surface area is 254 Å². The van der Waals surface area contributed by atoms with Gasteiger partial charge in [0.2, 0.25) is 11.8 Å². The lowest BCUT2D eigenvalue weighted by Crippen LogP contribution is -2.44. The highest BCUT2D eigenvalue weighted by molar-refractivity contribution is 6.02. The van der Waals surface area contributed by atoms with Crippen molar-refractivity contribution in [2.75, 3.05) is 18.4 Å². The summed E-state index contributed by atoms with van der Waals surface area (Å²) >= 11 is 0. The zero-order valence-corrected chi connectivity index (χ0v) is 23.5. The Kier molecular flexibility index (Phi) is 9.12. The average molecular weight is 619 g/mol. The predicted molar refractivity (Wildman–Crippen MR) is 159 cm³/mol. The smallest absolute Gasteiger partial charge is 0.416 e. The van der Waals surface area contributed by atoms with Crippen molar-refractivity contribution in [1.82, 2.24) is 15.2 Å². The second-order valence-corrected chi connectivity index (χ2v) is 10.0. The molecule has 0 aliphatic heterocycles. The maximum Gasteiger partial charge on any atom is 0.416 e. The number of para-hydroxylation sites is 1. The summed E-state index contributed by atoms with van der Waals surface area (Å²) in [5, 5.41) is 5.83. The number of carbonyl (C=O) groups excluding carboxylic acids is 3. The van der Waals surface area contributed by atoms with E-state index < -0.39 is 48.4 Å². The topological polar surface area (TPSA) is 104 Å². The number of nitrogens with zero attached hydrogens (tertiary/aromatic N) is 1. The zero-order valence-electron chi connectivity index (χ0n) is 23.5. The molecule has 0 radical (unpaired) electrons. The van der Waals surface area contributed by atoms with E-state index in [1.54, 1.807) is 6.07 Å². The number of fused-ring (bicyclic) bond motifs is 1. The number of alkyl halides is 3. The number of amides is 3. The first-order valence-corrected chi connectivity index (χ1v) is 13.7. The van der Waals surface area contributed by atoms with Crippen molar-refractivity contribution in [3.63, 3.8) is 0 Å². The van der Waals surface area contributed by atoms with E-state index >= 15 is 0 Å². The normalized spacial score (nSPS) is 11.2. The number of H-pyrrole nitrogens is 1. The SMILES string of the molecule is O=C(CN(CC(=O)Nc1ccc(Oc2ccc(C(F)(F)F)cc2)cc1)C(=O)c1cc2cccc(F)c2[nH]1)NCc1ccccc1. The van der Waals surface area contributed by atoms with Crippen LogP contribution in [0.4, 0.5) is 23.2 Å². The number of benzene rings is 4. The molecule has 0 aliphatic rings. The van der Waals surface area contributed by atoms with Crippen LogP contribution in [-0.2, 0) is 22.3 Å². The molecule has 3 amide bonds. The second-order valence-electron chi connectivity index (χ2n) is 10.0. The number of aromatic amines is 1. The van der Waals surface area contributed by atoms with Crippen LogP contribution in [0.2, 0.25) is 0 Å². The number of ether oxygens (including phenoxy) is 1. The number of hydrogen-bond acceptors (Lipinski definition) is 4. The first-order valence-electron chi connectivity index (χ1n) is 13.7. The van der Waals surface area contributed by atoms with Gasteiger partial charge in [-0.1, -0.05) is 42.5 Å². The van der Waals surface area contributed by atoms with E-state index in [1.165, 1.54) is 54.6 Å². The first-order chi connectivity index (χ1) is 21.5. The summed E-state index contributed by atoms with van der Waals surface area (Å²) in [7, 11) is 0. The molecule has 0 bridgehead atoms.